The number of sulfonamides is 1. The van der Waals surface area contributed by atoms with Crippen molar-refractivity contribution in [2.75, 3.05) is 26.8 Å². The van der Waals surface area contributed by atoms with Gasteiger partial charge in [-0.25, -0.2) is 8.42 Å². The Kier molecular flexibility index (Phi) is 4.64. The third-order valence-electron chi connectivity index (χ3n) is 3.38. The number of hydrogen-bond acceptors (Lipinski definition) is 6. The molecule has 118 valence electrons. The summed E-state index contributed by atoms with van der Waals surface area (Å²) < 4.78 is 36.7. The summed E-state index contributed by atoms with van der Waals surface area (Å²) in [7, 11) is -2.36. The Hall–Kier alpha value is -1.45. The summed E-state index contributed by atoms with van der Waals surface area (Å²) in [5, 5.41) is 6.60. The molecule has 1 atom stereocenters. The number of nitrogens with one attached hydrogen (secondary N) is 1. The number of aryl methyl sites for hydroxylation is 2. The third-order valence-corrected chi connectivity index (χ3v) is 5.51. The number of H-pyrrole nitrogens is 1. The first-order valence-corrected chi connectivity index (χ1v) is 8.00. The van der Waals surface area contributed by atoms with E-state index in [-0.39, 0.29) is 31.0 Å². The molecule has 2 heterocycles. The molecule has 1 aliphatic heterocycles. The van der Waals surface area contributed by atoms with E-state index in [4.69, 9.17) is 4.74 Å². The van der Waals surface area contributed by atoms with Crippen molar-refractivity contribution in [3.63, 3.8) is 0 Å². The lowest BCUT2D eigenvalue weighted by Gasteiger charge is -2.31. The maximum atomic E-state index is 12.7. The number of esters is 1. The van der Waals surface area contributed by atoms with Gasteiger partial charge in [0.15, 0.2) is 0 Å². The molecule has 0 spiro atoms. The van der Waals surface area contributed by atoms with Crippen molar-refractivity contribution in [3.05, 3.63) is 11.4 Å². The zero-order valence-corrected chi connectivity index (χ0v) is 13.1. The van der Waals surface area contributed by atoms with E-state index < -0.39 is 22.1 Å². The van der Waals surface area contributed by atoms with E-state index in [1.807, 2.05) is 0 Å². The zero-order chi connectivity index (χ0) is 15.6. The third kappa shape index (κ3) is 3.25. The first kappa shape index (κ1) is 15.9. The second-order valence-electron chi connectivity index (χ2n) is 4.90. The monoisotopic (exact) mass is 317 g/mol. The molecule has 1 saturated heterocycles. The van der Waals surface area contributed by atoms with Crippen LogP contribution in [0, 0.1) is 13.8 Å². The number of aromatic amines is 1. The Morgan fingerprint density at radius 1 is 1.52 bits per heavy atom. The summed E-state index contributed by atoms with van der Waals surface area (Å²) in [4.78, 5) is 11.5. The van der Waals surface area contributed by atoms with Crippen LogP contribution < -0.4 is 0 Å². The van der Waals surface area contributed by atoms with Gasteiger partial charge in [-0.15, -0.1) is 0 Å². The van der Waals surface area contributed by atoms with Crippen LogP contribution in [0.5, 0.6) is 0 Å². The fourth-order valence-corrected chi connectivity index (χ4v) is 4.14. The van der Waals surface area contributed by atoms with Crippen LogP contribution in [0.1, 0.15) is 17.8 Å². The summed E-state index contributed by atoms with van der Waals surface area (Å²) in [6.45, 7) is 3.93. The Morgan fingerprint density at radius 3 is 2.81 bits per heavy atom. The van der Waals surface area contributed by atoms with Crippen molar-refractivity contribution in [3.8, 4) is 0 Å². The molecular weight excluding hydrogens is 298 g/mol. The standard InChI is InChI=1S/C12H19N3O5S/c1-8-12(9(2)14-13-8)21(17,18)15-4-5-20-10(7-15)6-11(16)19-3/h10H,4-7H2,1-3H3,(H,13,14). The molecule has 1 aliphatic rings. The van der Waals surface area contributed by atoms with Crippen LogP contribution >= 0.6 is 0 Å². The maximum Gasteiger partial charge on any atom is 0.308 e. The molecular formula is C12H19N3O5S. The number of carbonyl (C=O) groups is 1. The van der Waals surface area contributed by atoms with E-state index >= 15 is 0 Å². The number of rotatable bonds is 4. The molecule has 2 rings (SSSR count). The number of morpholine rings is 1. The van der Waals surface area contributed by atoms with Gasteiger partial charge in [0.2, 0.25) is 10.0 Å². The Bertz CT molecular complexity index is 605. The lowest BCUT2D eigenvalue weighted by Crippen LogP contribution is -2.46. The van der Waals surface area contributed by atoms with Gasteiger partial charge in [-0.3, -0.25) is 9.89 Å². The van der Waals surface area contributed by atoms with Gasteiger partial charge in [0, 0.05) is 13.1 Å². The van der Waals surface area contributed by atoms with Gasteiger partial charge in [-0.2, -0.15) is 9.40 Å². The molecule has 0 aromatic carbocycles. The van der Waals surface area contributed by atoms with E-state index in [9.17, 15) is 13.2 Å². The van der Waals surface area contributed by atoms with Crippen molar-refractivity contribution in [1.82, 2.24) is 14.5 Å². The minimum absolute atomic E-state index is 0.0336. The molecule has 0 saturated carbocycles. The SMILES string of the molecule is COC(=O)CC1CN(S(=O)(=O)c2c(C)n[nH]c2C)CCO1. The first-order chi connectivity index (χ1) is 9.86. The fourth-order valence-electron chi connectivity index (χ4n) is 2.35. The number of hydrogen-bond donors (Lipinski definition) is 1. The van der Waals surface area contributed by atoms with Crippen LogP contribution in [0.3, 0.4) is 0 Å². The van der Waals surface area contributed by atoms with Gasteiger partial charge < -0.3 is 9.47 Å². The van der Waals surface area contributed by atoms with Gasteiger partial charge in [0.25, 0.3) is 0 Å². The van der Waals surface area contributed by atoms with Crippen LogP contribution in [0.25, 0.3) is 0 Å². The van der Waals surface area contributed by atoms with Crippen LogP contribution in [0.4, 0.5) is 0 Å². The first-order valence-electron chi connectivity index (χ1n) is 6.56. The number of carbonyl (C=O) groups excluding carboxylic acids is 1. The van der Waals surface area contributed by atoms with E-state index in [2.05, 4.69) is 14.9 Å². The van der Waals surface area contributed by atoms with E-state index in [1.165, 1.54) is 11.4 Å². The van der Waals surface area contributed by atoms with Crippen LogP contribution in [-0.2, 0) is 24.3 Å². The Morgan fingerprint density at radius 2 is 2.24 bits per heavy atom. The van der Waals surface area contributed by atoms with Gasteiger partial charge in [0.1, 0.15) is 4.90 Å². The lowest BCUT2D eigenvalue weighted by molar-refractivity contribution is -0.145. The molecule has 9 heteroatoms. The molecule has 0 radical (unpaired) electrons. The molecule has 21 heavy (non-hydrogen) atoms. The summed E-state index contributed by atoms with van der Waals surface area (Å²) >= 11 is 0. The van der Waals surface area contributed by atoms with Crippen LogP contribution in [0.2, 0.25) is 0 Å². The van der Waals surface area contributed by atoms with Crippen molar-refractivity contribution >= 4 is 16.0 Å². The molecule has 8 nitrogen and oxygen atoms in total. The Labute approximate surface area is 123 Å². The van der Waals surface area contributed by atoms with E-state index in [0.717, 1.165) is 0 Å². The fraction of sp³-hybridized carbons (Fsp3) is 0.667. The van der Waals surface area contributed by atoms with Crippen molar-refractivity contribution in [2.24, 2.45) is 0 Å². The van der Waals surface area contributed by atoms with E-state index in [1.54, 1.807) is 13.8 Å². The molecule has 0 aliphatic carbocycles. The highest BCUT2D eigenvalue weighted by Crippen LogP contribution is 2.24. The van der Waals surface area contributed by atoms with Crippen LogP contribution in [-0.4, -0.2) is 61.8 Å². The summed E-state index contributed by atoms with van der Waals surface area (Å²) in [6.07, 6.45) is -0.459. The van der Waals surface area contributed by atoms with Gasteiger partial charge in [0.05, 0.1) is 37.6 Å². The highest BCUT2D eigenvalue weighted by Gasteiger charge is 2.34. The number of methoxy groups -OCH3 is 1. The Balaban J connectivity index is 2.19. The van der Waals surface area contributed by atoms with Gasteiger partial charge >= 0.3 is 5.97 Å². The predicted octanol–water partition coefficient (Wildman–Crippen LogP) is -0.0209. The predicted molar refractivity (Wildman–Crippen MR) is 73.2 cm³/mol. The molecule has 1 aromatic rings. The van der Waals surface area contributed by atoms with Gasteiger partial charge in [-0.05, 0) is 13.8 Å². The van der Waals surface area contributed by atoms with Crippen molar-refractivity contribution in [2.45, 2.75) is 31.3 Å². The van der Waals surface area contributed by atoms with E-state index in [0.29, 0.717) is 11.4 Å². The normalized spacial score (nSPS) is 20.4. The number of ether oxygens (including phenoxy) is 2. The summed E-state index contributed by atoms with van der Waals surface area (Å²) in [5.41, 5.74) is 0.937. The molecule has 1 fully saturated rings. The smallest absolute Gasteiger partial charge is 0.308 e. The zero-order valence-electron chi connectivity index (χ0n) is 12.2. The summed E-state index contributed by atoms with van der Waals surface area (Å²) in [5.74, 6) is -0.421. The second-order valence-corrected chi connectivity index (χ2v) is 6.77. The number of nitrogens with zero attached hydrogens (tertiary/aromatic N) is 2. The molecule has 0 amide bonds. The average Bonchev–Trinajstić information content (AvgIpc) is 2.78. The molecule has 0 bridgehead atoms. The minimum Gasteiger partial charge on any atom is -0.469 e. The van der Waals surface area contributed by atoms with Crippen molar-refractivity contribution < 1.29 is 22.7 Å². The quantitative estimate of drug-likeness (QED) is 0.783. The summed E-state index contributed by atoms with van der Waals surface area (Å²) in [6, 6.07) is 0. The lowest BCUT2D eigenvalue weighted by atomic mass is 10.2. The largest absolute Gasteiger partial charge is 0.469 e. The molecule has 1 aromatic heterocycles. The van der Waals surface area contributed by atoms with Crippen LogP contribution in [0.15, 0.2) is 4.90 Å². The minimum atomic E-state index is -3.65. The maximum absolute atomic E-state index is 12.7. The second kappa shape index (κ2) is 6.12. The highest BCUT2D eigenvalue weighted by molar-refractivity contribution is 7.89. The molecule has 1 unspecified atom stereocenters. The number of aromatic nitrogens is 2. The topological polar surface area (TPSA) is 102 Å². The average molecular weight is 317 g/mol. The van der Waals surface area contributed by atoms with Gasteiger partial charge in [-0.1, -0.05) is 0 Å². The molecule has 1 N–H and O–H groups in total. The highest BCUT2D eigenvalue weighted by atomic mass is 32.2. The van der Waals surface area contributed by atoms with Crippen molar-refractivity contribution in [1.29, 1.82) is 0 Å².